The van der Waals surface area contributed by atoms with Crippen LogP contribution in [0.3, 0.4) is 0 Å². The number of nitrogens with zero attached hydrogens (tertiary/aromatic N) is 2. The van der Waals surface area contributed by atoms with Crippen molar-refractivity contribution < 1.29 is 9.59 Å². The zero-order valence-electron chi connectivity index (χ0n) is 13.3. The van der Waals surface area contributed by atoms with Crippen molar-refractivity contribution in [3.8, 4) is 0 Å². The third kappa shape index (κ3) is 4.26. The van der Waals surface area contributed by atoms with Crippen molar-refractivity contribution >= 4 is 28.8 Å². The molecule has 0 saturated carbocycles. The van der Waals surface area contributed by atoms with Crippen LogP contribution in [0.15, 0.2) is 72.1 Å². The molecule has 25 heavy (non-hydrogen) atoms. The van der Waals surface area contributed by atoms with Gasteiger partial charge in [-0.2, -0.15) is 5.10 Å². The summed E-state index contributed by atoms with van der Waals surface area (Å²) in [5, 5.41) is 8.26. The van der Waals surface area contributed by atoms with Gasteiger partial charge in [-0.15, -0.1) is 0 Å². The van der Waals surface area contributed by atoms with Crippen molar-refractivity contribution in [3.05, 3.63) is 78.1 Å². The maximum Gasteiger partial charge on any atom is 0.259 e. The number of aromatic nitrogens is 1. The lowest BCUT2D eigenvalue weighted by molar-refractivity contribution is -0.120. The highest BCUT2D eigenvalue weighted by atomic mass is 16.2. The lowest BCUT2D eigenvalue weighted by atomic mass is 10.0. The van der Waals surface area contributed by atoms with Crippen LogP contribution in [0.1, 0.15) is 15.9 Å². The first-order valence-corrected chi connectivity index (χ1v) is 7.72. The lowest BCUT2D eigenvalue weighted by Crippen LogP contribution is -2.35. The molecule has 0 bridgehead atoms. The summed E-state index contributed by atoms with van der Waals surface area (Å²) < 4.78 is 0. The molecule has 0 fully saturated rings. The maximum atomic E-state index is 12.3. The quantitative estimate of drug-likeness (QED) is 0.554. The number of hydrazone groups is 1. The normalized spacial score (nSPS) is 10.7. The Bertz CT molecular complexity index is 918. The molecule has 1 heterocycles. The smallest absolute Gasteiger partial charge is 0.259 e. The van der Waals surface area contributed by atoms with Gasteiger partial charge in [-0.05, 0) is 34.5 Å². The molecule has 1 aromatic heterocycles. The zero-order chi connectivity index (χ0) is 17.5. The molecule has 6 nitrogen and oxygen atoms in total. The molecule has 0 aliphatic carbocycles. The van der Waals surface area contributed by atoms with Gasteiger partial charge in [0.05, 0.1) is 12.8 Å². The molecule has 0 radical (unpaired) electrons. The highest BCUT2D eigenvalue weighted by Crippen LogP contribution is 2.18. The minimum atomic E-state index is -0.404. The van der Waals surface area contributed by atoms with E-state index in [1.165, 1.54) is 6.21 Å². The van der Waals surface area contributed by atoms with Crippen LogP contribution in [-0.2, 0) is 4.79 Å². The average molecular weight is 332 g/mol. The molecule has 0 unspecified atom stereocenters. The molecule has 0 saturated heterocycles. The van der Waals surface area contributed by atoms with Gasteiger partial charge >= 0.3 is 0 Å². The minimum absolute atomic E-state index is 0.157. The first-order valence-electron chi connectivity index (χ1n) is 7.72. The van der Waals surface area contributed by atoms with Crippen molar-refractivity contribution in [2.75, 3.05) is 6.54 Å². The zero-order valence-corrected chi connectivity index (χ0v) is 13.3. The summed E-state index contributed by atoms with van der Waals surface area (Å²) in [5.41, 5.74) is 3.72. The van der Waals surface area contributed by atoms with E-state index in [4.69, 9.17) is 0 Å². The summed E-state index contributed by atoms with van der Waals surface area (Å²) in [6.45, 7) is -0.157. The predicted octanol–water partition coefficient (Wildman–Crippen LogP) is 2.11. The van der Waals surface area contributed by atoms with Crippen molar-refractivity contribution in [2.24, 2.45) is 5.10 Å². The van der Waals surface area contributed by atoms with Gasteiger partial charge in [0.15, 0.2) is 0 Å². The summed E-state index contributed by atoms with van der Waals surface area (Å²) in [6, 6.07) is 16.6. The Kier molecular flexibility index (Phi) is 5.11. The Balaban J connectivity index is 1.56. The highest BCUT2D eigenvalue weighted by molar-refractivity contribution is 6.07. The molecule has 2 amide bonds. The number of fused-ring (bicyclic) bond motifs is 1. The van der Waals surface area contributed by atoms with Crippen molar-refractivity contribution in [3.63, 3.8) is 0 Å². The first-order chi connectivity index (χ1) is 12.2. The molecule has 124 valence electrons. The molecule has 3 aromatic rings. The van der Waals surface area contributed by atoms with Crippen LogP contribution in [-0.4, -0.2) is 29.6 Å². The van der Waals surface area contributed by atoms with Crippen molar-refractivity contribution in [2.45, 2.75) is 0 Å². The number of pyridine rings is 1. The second kappa shape index (κ2) is 7.83. The second-order valence-electron chi connectivity index (χ2n) is 5.28. The Morgan fingerprint density at radius 2 is 1.76 bits per heavy atom. The number of carbonyl (C=O) groups excluding carboxylic acids is 2. The fourth-order valence-electron chi connectivity index (χ4n) is 2.35. The highest BCUT2D eigenvalue weighted by Gasteiger charge is 2.10. The first kappa shape index (κ1) is 16.3. The topological polar surface area (TPSA) is 83.5 Å². The Morgan fingerprint density at radius 1 is 1.00 bits per heavy atom. The van der Waals surface area contributed by atoms with Crippen LogP contribution < -0.4 is 10.7 Å². The van der Waals surface area contributed by atoms with Crippen LogP contribution in [0.25, 0.3) is 10.8 Å². The van der Waals surface area contributed by atoms with Gasteiger partial charge in [0.2, 0.25) is 0 Å². The Morgan fingerprint density at radius 3 is 2.60 bits per heavy atom. The van der Waals surface area contributed by atoms with E-state index in [1.54, 1.807) is 30.6 Å². The van der Waals surface area contributed by atoms with E-state index in [0.29, 0.717) is 5.56 Å². The summed E-state index contributed by atoms with van der Waals surface area (Å²) >= 11 is 0. The van der Waals surface area contributed by atoms with Crippen molar-refractivity contribution in [1.29, 1.82) is 0 Å². The Hall–Kier alpha value is -3.54. The van der Waals surface area contributed by atoms with E-state index in [-0.39, 0.29) is 12.5 Å². The van der Waals surface area contributed by atoms with Crippen LogP contribution in [0, 0.1) is 0 Å². The molecule has 3 rings (SSSR count). The number of carbonyl (C=O) groups is 2. The standard InChI is InChI=1S/C19H16N4O2/c24-18(23-22-12-14-8-10-20-11-9-14)13-21-19(25)17-7-3-5-15-4-1-2-6-16(15)17/h1-12H,13H2,(H,21,25)(H,23,24). The lowest BCUT2D eigenvalue weighted by Gasteiger charge is -2.07. The fourth-order valence-corrected chi connectivity index (χ4v) is 2.35. The van der Waals surface area contributed by atoms with E-state index >= 15 is 0 Å². The van der Waals surface area contributed by atoms with Crippen LogP contribution in [0.2, 0.25) is 0 Å². The van der Waals surface area contributed by atoms with Crippen molar-refractivity contribution in [1.82, 2.24) is 15.7 Å². The van der Waals surface area contributed by atoms with E-state index in [1.807, 2.05) is 36.4 Å². The van der Waals surface area contributed by atoms with E-state index < -0.39 is 5.91 Å². The Labute approximate surface area is 144 Å². The van der Waals surface area contributed by atoms with Gasteiger partial charge in [0, 0.05) is 18.0 Å². The SMILES string of the molecule is O=C(CNC(=O)c1cccc2ccccc12)NN=Cc1ccncc1. The third-order valence-corrected chi connectivity index (χ3v) is 3.55. The molecule has 0 atom stereocenters. The number of amides is 2. The molecule has 2 N–H and O–H groups in total. The summed E-state index contributed by atoms with van der Waals surface area (Å²) in [6.07, 6.45) is 4.77. The molecule has 0 aliphatic rings. The van der Waals surface area contributed by atoms with Gasteiger partial charge < -0.3 is 5.32 Å². The maximum absolute atomic E-state index is 12.3. The van der Waals surface area contributed by atoms with Crippen LogP contribution in [0.4, 0.5) is 0 Å². The summed E-state index contributed by atoms with van der Waals surface area (Å²) in [4.78, 5) is 28.0. The molecular formula is C19H16N4O2. The molecule has 6 heteroatoms. The van der Waals surface area contributed by atoms with Gasteiger partial charge in [0.25, 0.3) is 11.8 Å². The fraction of sp³-hybridized carbons (Fsp3) is 0.0526. The average Bonchev–Trinajstić information content (AvgIpc) is 2.66. The second-order valence-corrected chi connectivity index (χ2v) is 5.28. The molecule has 0 aliphatic heterocycles. The van der Waals surface area contributed by atoms with Gasteiger partial charge in [-0.1, -0.05) is 36.4 Å². The van der Waals surface area contributed by atoms with E-state index in [0.717, 1.165) is 16.3 Å². The number of rotatable bonds is 5. The van der Waals surface area contributed by atoms with Crippen LogP contribution in [0.5, 0.6) is 0 Å². The van der Waals surface area contributed by atoms with E-state index in [9.17, 15) is 9.59 Å². The molecule has 2 aromatic carbocycles. The number of hydrogen-bond donors (Lipinski definition) is 2. The largest absolute Gasteiger partial charge is 0.343 e. The molecule has 0 spiro atoms. The predicted molar refractivity (Wildman–Crippen MR) is 96.3 cm³/mol. The number of benzene rings is 2. The van der Waals surface area contributed by atoms with Gasteiger partial charge in [0.1, 0.15) is 0 Å². The third-order valence-electron chi connectivity index (χ3n) is 3.55. The van der Waals surface area contributed by atoms with Crippen LogP contribution >= 0.6 is 0 Å². The minimum Gasteiger partial charge on any atom is -0.343 e. The summed E-state index contributed by atoms with van der Waals surface area (Å²) in [5.74, 6) is -0.705. The number of nitrogens with one attached hydrogen (secondary N) is 2. The van der Waals surface area contributed by atoms with E-state index in [2.05, 4.69) is 20.8 Å². The monoisotopic (exact) mass is 332 g/mol. The molecular weight excluding hydrogens is 316 g/mol. The number of hydrogen-bond acceptors (Lipinski definition) is 4. The van der Waals surface area contributed by atoms with Gasteiger partial charge in [-0.25, -0.2) is 5.43 Å². The van der Waals surface area contributed by atoms with Gasteiger partial charge in [-0.3, -0.25) is 14.6 Å². The summed E-state index contributed by atoms with van der Waals surface area (Å²) in [7, 11) is 0.